The number of carbonyl (C=O) groups excluding carboxylic acids is 2. The summed E-state index contributed by atoms with van der Waals surface area (Å²) in [6.45, 7) is 2.67. The number of aryl methyl sites for hydroxylation is 2. The number of thiophene rings is 1. The van der Waals surface area contributed by atoms with Crippen molar-refractivity contribution in [2.75, 3.05) is 13.7 Å². The molecule has 5 nitrogen and oxygen atoms in total. The molecule has 186 valence electrons. The molecule has 0 saturated carbocycles. The van der Waals surface area contributed by atoms with Gasteiger partial charge in [0.05, 0.1) is 19.3 Å². The summed E-state index contributed by atoms with van der Waals surface area (Å²) in [6.07, 6.45) is 8.58. The number of ether oxygens (including phenoxy) is 1. The predicted octanol–water partition coefficient (Wildman–Crippen LogP) is 5.04. The summed E-state index contributed by atoms with van der Waals surface area (Å²) in [4.78, 5) is 27.6. The first-order chi connectivity index (χ1) is 17.0. The summed E-state index contributed by atoms with van der Waals surface area (Å²) in [5.41, 5.74) is 1.29. The van der Waals surface area contributed by atoms with E-state index in [4.69, 9.17) is 4.74 Å². The number of amides is 1. The van der Waals surface area contributed by atoms with Crippen molar-refractivity contribution in [3.63, 3.8) is 0 Å². The molecule has 1 aliphatic rings. The lowest BCUT2D eigenvalue weighted by Crippen LogP contribution is -2.33. The SMILES string of the molecule is COC(=O)c1ccc(CCCN2C(=O)CC[C@@H]2C=C[C@H](O)[C@@H](C)CC#CCCc2ccccc2)s1. The highest BCUT2D eigenvalue weighted by molar-refractivity contribution is 7.13. The van der Waals surface area contributed by atoms with Gasteiger partial charge in [-0.2, -0.15) is 0 Å². The van der Waals surface area contributed by atoms with Crippen LogP contribution in [0.2, 0.25) is 0 Å². The Kier molecular flexibility index (Phi) is 10.6. The number of carbonyl (C=O) groups is 2. The fraction of sp³-hybridized carbons (Fsp3) is 0.448. The van der Waals surface area contributed by atoms with E-state index < -0.39 is 6.10 Å². The van der Waals surface area contributed by atoms with Gasteiger partial charge in [0.1, 0.15) is 4.88 Å². The van der Waals surface area contributed by atoms with Gasteiger partial charge in [0.2, 0.25) is 5.91 Å². The second kappa shape index (κ2) is 13.9. The van der Waals surface area contributed by atoms with Gasteiger partial charge >= 0.3 is 5.97 Å². The monoisotopic (exact) mass is 493 g/mol. The molecule has 2 aromatic rings. The van der Waals surface area contributed by atoms with Crippen LogP contribution in [0.1, 0.15) is 59.1 Å². The summed E-state index contributed by atoms with van der Waals surface area (Å²) >= 11 is 1.44. The Bertz CT molecular complexity index is 1050. The van der Waals surface area contributed by atoms with Crippen molar-refractivity contribution in [3.05, 3.63) is 69.9 Å². The van der Waals surface area contributed by atoms with Crippen molar-refractivity contribution in [2.24, 2.45) is 5.92 Å². The Balaban J connectivity index is 1.41. The van der Waals surface area contributed by atoms with E-state index in [9.17, 15) is 14.7 Å². The zero-order valence-corrected chi connectivity index (χ0v) is 21.4. The van der Waals surface area contributed by atoms with E-state index in [0.717, 1.165) is 37.0 Å². The highest BCUT2D eigenvalue weighted by atomic mass is 32.1. The molecule has 0 spiro atoms. The third-order valence-electron chi connectivity index (χ3n) is 6.29. The van der Waals surface area contributed by atoms with Gasteiger partial charge in [-0.1, -0.05) is 49.4 Å². The summed E-state index contributed by atoms with van der Waals surface area (Å²) in [6, 6.07) is 14.1. The molecule has 6 heteroatoms. The maximum Gasteiger partial charge on any atom is 0.348 e. The third-order valence-corrected chi connectivity index (χ3v) is 7.41. The Morgan fingerprint density at radius 1 is 1.23 bits per heavy atom. The lowest BCUT2D eigenvalue weighted by atomic mass is 9.99. The van der Waals surface area contributed by atoms with Gasteiger partial charge in [0.25, 0.3) is 0 Å². The van der Waals surface area contributed by atoms with E-state index in [1.54, 1.807) is 6.07 Å². The number of hydrogen-bond acceptors (Lipinski definition) is 5. The van der Waals surface area contributed by atoms with Crippen molar-refractivity contribution in [1.82, 2.24) is 4.90 Å². The average Bonchev–Trinajstić information content (AvgIpc) is 3.49. The molecule has 1 aromatic heterocycles. The first-order valence-electron chi connectivity index (χ1n) is 12.3. The van der Waals surface area contributed by atoms with Crippen LogP contribution >= 0.6 is 11.3 Å². The van der Waals surface area contributed by atoms with Crippen LogP contribution in [0.4, 0.5) is 0 Å². The topological polar surface area (TPSA) is 66.8 Å². The Labute approximate surface area is 212 Å². The molecule has 1 fully saturated rings. The number of aliphatic hydroxyl groups is 1. The first-order valence-corrected chi connectivity index (χ1v) is 13.1. The van der Waals surface area contributed by atoms with E-state index in [-0.39, 0.29) is 23.8 Å². The number of rotatable bonds is 11. The summed E-state index contributed by atoms with van der Waals surface area (Å²) in [5, 5.41) is 10.6. The third kappa shape index (κ3) is 8.38. The van der Waals surface area contributed by atoms with E-state index in [1.807, 2.05) is 48.2 Å². The molecule has 0 radical (unpaired) electrons. The van der Waals surface area contributed by atoms with E-state index in [2.05, 4.69) is 24.0 Å². The van der Waals surface area contributed by atoms with Crippen molar-refractivity contribution in [1.29, 1.82) is 0 Å². The summed E-state index contributed by atoms with van der Waals surface area (Å²) in [7, 11) is 1.38. The highest BCUT2D eigenvalue weighted by Gasteiger charge is 2.28. The van der Waals surface area contributed by atoms with Crippen LogP contribution in [0.5, 0.6) is 0 Å². The van der Waals surface area contributed by atoms with E-state index in [1.165, 1.54) is 24.0 Å². The molecule has 2 heterocycles. The second-order valence-electron chi connectivity index (χ2n) is 8.95. The quantitative estimate of drug-likeness (QED) is 0.271. The Hall–Kier alpha value is -2.88. The number of esters is 1. The number of likely N-dealkylation sites (tertiary alicyclic amines) is 1. The molecular formula is C29H35NO4S. The molecular weight excluding hydrogens is 458 g/mol. The molecule has 3 atom stereocenters. The number of benzene rings is 1. The van der Waals surface area contributed by atoms with Crippen LogP contribution in [-0.2, 0) is 22.4 Å². The number of methoxy groups -OCH3 is 1. The zero-order valence-electron chi connectivity index (χ0n) is 20.6. The molecule has 0 unspecified atom stereocenters. The van der Waals surface area contributed by atoms with E-state index >= 15 is 0 Å². The van der Waals surface area contributed by atoms with Gasteiger partial charge in [-0.3, -0.25) is 4.79 Å². The van der Waals surface area contributed by atoms with Crippen molar-refractivity contribution in [2.45, 2.75) is 64.0 Å². The molecule has 0 bridgehead atoms. The lowest BCUT2D eigenvalue weighted by Gasteiger charge is -2.23. The minimum Gasteiger partial charge on any atom is -0.465 e. The molecule has 35 heavy (non-hydrogen) atoms. The zero-order chi connectivity index (χ0) is 25.0. The van der Waals surface area contributed by atoms with Crippen LogP contribution < -0.4 is 0 Å². The largest absolute Gasteiger partial charge is 0.465 e. The summed E-state index contributed by atoms with van der Waals surface area (Å²) < 4.78 is 4.76. The Morgan fingerprint density at radius 2 is 2.03 bits per heavy atom. The minimum absolute atomic E-state index is 0.0234. The van der Waals surface area contributed by atoms with Crippen LogP contribution in [0.3, 0.4) is 0 Å². The molecule has 1 saturated heterocycles. The standard InChI is InChI=1S/C29H35NO4S/c1-22(10-5-3-6-11-23-12-7-4-8-13-23)26(31)18-15-24-16-20-28(32)30(24)21-9-14-25-17-19-27(35-25)29(33)34-2/h4,7-8,12-13,15,17-19,22,24,26,31H,6,9-11,14,16,20-21H2,1-2H3/t22-,24-,26-/m0/s1. The van der Waals surface area contributed by atoms with Gasteiger partial charge in [-0.25, -0.2) is 4.79 Å². The smallest absolute Gasteiger partial charge is 0.348 e. The number of nitrogens with zero attached hydrogens (tertiary/aromatic N) is 1. The first kappa shape index (κ1) is 26.7. The van der Waals surface area contributed by atoms with Crippen LogP contribution in [0, 0.1) is 17.8 Å². The van der Waals surface area contributed by atoms with Gasteiger partial charge in [0.15, 0.2) is 0 Å². The van der Waals surface area contributed by atoms with Crippen LogP contribution in [-0.4, -0.2) is 47.7 Å². The predicted molar refractivity (Wildman–Crippen MR) is 140 cm³/mol. The maximum atomic E-state index is 12.4. The molecule has 3 rings (SSSR count). The summed E-state index contributed by atoms with van der Waals surface area (Å²) in [5.74, 6) is 6.29. The average molecular weight is 494 g/mol. The van der Waals surface area contributed by atoms with Crippen LogP contribution in [0.15, 0.2) is 54.6 Å². The van der Waals surface area contributed by atoms with Gasteiger partial charge in [0, 0.05) is 30.7 Å². The van der Waals surface area contributed by atoms with Crippen molar-refractivity contribution < 1.29 is 19.4 Å². The minimum atomic E-state index is -0.584. The maximum absolute atomic E-state index is 12.4. The van der Waals surface area contributed by atoms with Crippen LogP contribution in [0.25, 0.3) is 0 Å². The Morgan fingerprint density at radius 3 is 2.80 bits per heavy atom. The second-order valence-corrected chi connectivity index (χ2v) is 10.1. The van der Waals surface area contributed by atoms with Gasteiger partial charge < -0.3 is 14.7 Å². The molecule has 1 aromatic carbocycles. The lowest BCUT2D eigenvalue weighted by molar-refractivity contribution is -0.128. The van der Waals surface area contributed by atoms with Crippen molar-refractivity contribution >= 4 is 23.2 Å². The number of aliphatic hydroxyl groups excluding tert-OH is 1. The molecule has 1 N–H and O–H groups in total. The molecule has 0 aliphatic carbocycles. The van der Waals surface area contributed by atoms with Crippen molar-refractivity contribution in [3.8, 4) is 11.8 Å². The fourth-order valence-electron chi connectivity index (χ4n) is 4.12. The number of hydrogen-bond donors (Lipinski definition) is 1. The van der Waals surface area contributed by atoms with E-state index in [0.29, 0.717) is 24.3 Å². The molecule has 1 amide bonds. The molecule has 1 aliphatic heterocycles. The normalized spacial score (nSPS) is 17.3. The van der Waals surface area contributed by atoms with Gasteiger partial charge in [-0.15, -0.1) is 23.2 Å². The van der Waals surface area contributed by atoms with Gasteiger partial charge in [-0.05, 0) is 49.3 Å². The fourth-order valence-corrected chi connectivity index (χ4v) is 5.09. The highest BCUT2D eigenvalue weighted by Crippen LogP contribution is 2.23.